The van der Waals surface area contributed by atoms with Crippen LogP contribution in [0, 0.1) is 12.8 Å². The van der Waals surface area contributed by atoms with Gasteiger partial charge in [-0.2, -0.15) is 0 Å². The van der Waals surface area contributed by atoms with E-state index in [4.69, 9.17) is 4.74 Å². The van der Waals surface area contributed by atoms with E-state index in [1.54, 1.807) is 0 Å². The molecule has 0 bridgehead atoms. The Balaban J connectivity index is 2.67. The van der Waals surface area contributed by atoms with E-state index in [0.717, 1.165) is 18.1 Å². The van der Waals surface area contributed by atoms with Crippen molar-refractivity contribution in [1.82, 2.24) is 10.3 Å². The van der Waals surface area contributed by atoms with Gasteiger partial charge in [0.1, 0.15) is 0 Å². The van der Waals surface area contributed by atoms with Crippen molar-refractivity contribution in [3.05, 3.63) is 23.4 Å². The minimum absolute atomic E-state index is 0.191. The van der Waals surface area contributed by atoms with Gasteiger partial charge in [-0.1, -0.05) is 33.8 Å². The molecule has 1 rings (SSSR count). The number of aryl methyl sites for hydroxylation is 1. The maximum atomic E-state index is 5.81. The van der Waals surface area contributed by atoms with Crippen LogP contribution in [0.3, 0.4) is 0 Å². The van der Waals surface area contributed by atoms with E-state index < -0.39 is 0 Å². The number of aromatic nitrogens is 1. The number of ether oxygens (including phenoxy) is 1. The smallest absolute Gasteiger partial charge is 0.213 e. The third kappa shape index (κ3) is 4.65. The average Bonchev–Trinajstić information content (AvgIpc) is 2.27. The Morgan fingerprint density at radius 3 is 2.33 bits per heavy atom. The maximum absolute atomic E-state index is 5.81. The van der Waals surface area contributed by atoms with Crippen LogP contribution in [0.1, 0.15) is 45.9 Å². The molecule has 0 amide bonds. The first-order valence-corrected chi connectivity index (χ1v) is 6.76. The molecule has 102 valence electrons. The topological polar surface area (TPSA) is 34.1 Å². The average molecular weight is 250 g/mol. The molecule has 1 aromatic rings. The van der Waals surface area contributed by atoms with E-state index in [0.29, 0.717) is 12.0 Å². The minimum Gasteiger partial charge on any atom is -0.474 e. The Labute approximate surface area is 111 Å². The molecule has 0 aliphatic heterocycles. The third-order valence-corrected chi connectivity index (χ3v) is 3.12. The lowest BCUT2D eigenvalue weighted by atomic mass is 10.1. The van der Waals surface area contributed by atoms with Gasteiger partial charge in [0.15, 0.2) is 0 Å². The summed E-state index contributed by atoms with van der Waals surface area (Å²) in [7, 11) is 0. The number of rotatable bonds is 6. The Morgan fingerprint density at radius 2 is 1.83 bits per heavy atom. The van der Waals surface area contributed by atoms with Crippen molar-refractivity contribution < 1.29 is 4.74 Å². The van der Waals surface area contributed by atoms with Crippen molar-refractivity contribution in [1.29, 1.82) is 0 Å². The second kappa shape index (κ2) is 6.74. The zero-order valence-corrected chi connectivity index (χ0v) is 12.4. The van der Waals surface area contributed by atoms with Gasteiger partial charge in [-0.3, -0.25) is 0 Å². The number of nitrogens with zero attached hydrogens (tertiary/aromatic N) is 1. The Bertz CT molecular complexity index is 375. The highest BCUT2D eigenvalue weighted by molar-refractivity contribution is 5.25. The molecule has 0 saturated heterocycles. The van der Waals surface area contributed by atoms with E-state index in [2.05, 4.69) is 51.0 Å². The summed E-state index contributed by atoms with van der Waals surface area (Å²) in [5.41, 5.74) is 2.27. The SMILES string of the molecule is Cc1nc(OC(C)C(C)C)ccc1CNC(C)C. The summed E-state index contributed by atoms with van der Waals surface area (Å²) in [5, 5.41) is 3.40. The van der Waals surface area contributed by atoms with Crippen LogP contribution in [0.25, 0.3) is 0 Å². The van der Waals surface area contributed by atoms with Crippen LogP contribution in [-0.4, -0.2) is 17.1 Å². The molecule has 0 spiro atoms. The molecule has 18 heavy (non-hydrogen) atoms. The largest absolute Gasteiger partial charge is 0.474 e. The quantitative estimate of drug-likeness (QED) is 0.841. The molecular formula is C15H26N2O. The van der Waals surface area contributed by atoms with Crippen LogP contribution < -0.4 is 10.1 Å². The molecule has 1 heterocycles. The summed E-state index contributed by atoms with van der Waals surface area (Å²) >= 11 is 0. The van der Waals surface area contributed by atoms with Crippen molar-refractivity contribution in [2.45, 2.75) is 60.2 Å². The molecule has 1 N–H and O–H groups in total. The molecule has 1 aromatic heterocycles. The molecule has 0 saturated carbocycles. The lowest BCUT2D eigenvalue weighted by Crippen LogP contribution is -2.23. The van der Waals surface area contributed by atoms with Crippen LogP contribution in [0.4, 0.5) is 0 Å². The van der Waals surface area contributed by atoms with Gasteiger partial charge in [-0.05, 0) is 25.3 Å². The zero-order valence-electron chi connectivity index (χ0n) is 12.4. The van der Waals surface area contributed by atoms with Crippen LogP contribution in [0.5, 0.6) is 5.88 Å². The maximum Gasteiger partial charge on any atom is 0.213 e. The summed E-state index contributed by atoms with van der Waals surface area (Å²) in [5.74, 6) is 1.22. The van der Waals surface area contributed by atoms with Crippen LogP contribution in [0.2, 0.25) is 0 Å². The van der Waals surface area contributed by atoms with Gasteiger partial charge in [0, 0.05) is 24.3 Å². The first-order chi connectivity index (χ1) is 8.40. The van der Waals surface area contributed by atoms with Crippen molar-refractivity contribution >= 4 is 0 Å². The molecule has 1 unspecified atom stereocenters. The van der Waals surface area contributed by atoms with Crippen LogP contribution in [-0.2, 0) is 6.54 Å². The van der Waals surface area contributed by atoms with E-state index >= 15 is 0 Å². The highest BCUT2D eigenvalue weighted by atomic mass is 16.5. The summed E-state index contributed by atoms with van der Waals surface area (Å²) in [6.07, 6.45) is 0.191. The summed E-state index contributed by atoms with van der Waals surface area (Å²) < 4.78 is 5.81. The number of hydrogen-bond donors (Lipinski definition) is 1. The van der Waals surface area contributed by atoms with Crippen LogP contribution >= 0.6 is 0 Å². The summed E-state index contributed by atoms with van der Waals surface area (Å²) in [6, 6.07) is 4.55. The fourth-order valence-corrected chi connectivity index (χ4v) is 1.46. The van der Waals surface area contributed by atoms with Crippen molar-refractivity contribution in [3.8, 4) is 5.88 Å². The zero-order chi connectivity index (χ0) is 13.7. The monoisotopic (exact) mass is 250 g/mol. The van der Waals surface area contributed by atoms with Crippen molar-refractivity contribution in [2.24, 2.45) is 5.92 Å². The van der Waals surface area contributed by atoms with Gasteiger partial charge >= 0.3 is 0 Å². The first-order valence-electron chi connectivity index (χ1n) is 6.76. The number of pyridine rings is 1. The Kier molecular flexibility index (Phi) is 5.60. The fourth-order valence-electron chi connectivity index (χ4n) is 1.46. The Morgan fingerprint density at radius 1 is 1.17 bits per heavy atom. The third-order valence-electron chi connectivity index (χ3n) is 3.12. The molecule has 3 heteroatoms. The van der Waals surface area contributed by atoms with Gasteiger partial charge in [0.25, 0.3) is 0 Å². The predicted octanol–water partition coefficient (Wildman–Crippen LogP) is 3.31. The second-order valence-electron chi connectivity index (χ2n) is 5.50. The van der Waals surface area contributed by atoms with Crippen LogP contribution in [0.15, 0.2) is 12.1 Å². The Hall–Kier alpha value is -1.09. The number of hydrogen-bond acceptors (Lipinski definition) is 3. The van der Waals surface area contributed by atoms with Gasteiger partial charge in [-0.15, -0.1) is 0 Å². The fraction of sp³-hybridized carbons (Fsp3) is 0.667. The second-order valence-corrected chi connectivity index (χ2v) is 5.50. The van der Waals surface area contributed by atoms with E-state index in [1.165, 1.54) is 5.56 Å². The predicted molar refractivity (Wildman–Crippen MR) is 75.9 cm³/mol. The van der Waals surface area contributed by atoms with Gasteiger partial charge in [0.2, 0.25) is 5.88 Å². The highest BCUT2D eigenvalue weighted by Crippen LogP contribution is 2.16. The molecule has 0 aromatic carbocycles. The van der Waals surface area contributed by atoms with Crippen molar-refractivity contribution in [3.63, 3.8) is 0 Å². The molecule has 0 aliphatic rings. The normalized spacial score (nSPS) is 13.1. The molecule has 0 radical (unpaired) electrons. The van der Waals surface area contributed by atoms with Gasteiger partial charge in [-0.25, -0.2) is 4.98 Å². The van der Waals surface area contributed by atoms with E-state index in [9.17, 15) is 0 Å². The molecule has 0 fully saturated rings. The molecular weight excluding hydrogens is 224 g/mol. The van der Waals surface area contributed by atoms with E-state index in [-0.39, 0.29) is 6.10 Å². The molecule has 0 aliphatic carbocycles. The first kappa shape index (κ1) is 15.0. The number of nitrogens with one attached hydrogen (secondary N) is 1. The highest BCUT2D eigenvalue weighted by Gasteiger charge is 2.10. The summed E-state index contributed by atoms with van der Waals surface area (Å²) in [4.78, 5) is 4.51. The minimum atomic E-state index is 0.191. The lowest BCUT2D eigenvalue weighted by molar-refractivity contribution is 0.163. The molecule has 1 atom stereocenters. The summed E-state index contributed by atoms with van der Waals surface area (Å²) in [6.45, 7) is 13.6. The molecule has 3 nitrogen and oxygen atoms in total. The standard InChI is InChI=1S/C15H26N2O/c1-10(2)13(6)18-15-8-7-14(12(5)17-15)9-16-11(3)4/h7-8,10-11,13,16H,9H2,1-6H3. The van der Waals surface area contributed by atoms with E-state index in [1.807, 2.05) is 13.0 Å². The van der Waals surface area contributed by atoms with Gasteiger partial charge in [0.05, 0.1) is 6.10 Å². The lowest BCUT2D eigenvalue weighted by Gasteiger charge is -2.18. The van der Waals surface area contributed by atoms with Crippen molar-refractivity contribution in [2.75, 3.05) is 0 Å². The van der Waals surface area contributed by atoms with Gasteiger partial charge < -0.3 is 10.1 Å².